The Bertz CT molecular complexity index is 882. The fraction of sp³-hybridized carbons (Fsp3) is 0.0625. The number of pyridine rings is 1. The van der Waals surface area contributed by atoms with Gasteiger partial charge in [-0.3, -0.25) is 0 Å². The van der Waals surface area contributed by atoms with Gasteiger partial charge in [-0.1, -0.05) is 24.3 Å². The second kappa shape index (κ2) is 6.73. The number of hydrogen-bond acceptors (Lipinski definition) is 6. The molecule has 0 radical (unpaired) electrons. The van der Waals surface area contributed by atoms with E-state index >= 15 is 0 Å². The molecule has 3 rings (SSSR count). The first-order valence-electron chi connectivity index (χ1n) is 7.03. The molecule has 0 fully saturated rings. The first kappa shape index (κ1) is 16.0. The molecule has 24 heavy (non-hydrogen) atoms. The van der Waals surface area contributed by atoms with Crippen LogP contribution in [0, 0.1) is 0 Å². The van der Waals surface area contributed by atoms with E-state index in [1.807, 2.05) is 30.3 Å². The van der Waals surface area contributed by atoms with Crippen molar-refractivity contribution in [3.8, 4) is 22.3 Å². The molecule has 0 spiro atoms. The summed E-state index contributed by atoms with van der Waals surface area (Å²) in [7, 11) is 0. The topological polar surface area (TPSA) is 128 Å². The quantitative estimate of drug-likeness (QED) is 0.620. The minimum absolute atomic E-state index is 0.105. The molecule has 0 bridgehead atoms. The highest BCUT2D eigenvalue weighted by molar-refractivity contribution is 7.78. The number of nitrogens with zero attached hydrogens (tertiary/aromatic N) is 3. The van der Waals surface area contributed by atoms with Gasteiger partial charge in [0, 0.05) is 35.3 Å². The molecule has 0 saturated heterocycles. The maximum atomic E-state index is 10.9. The average molecular weight is 341 g/mol. The summed E-state index contributed by atoms with van der Waals surface area (Å²) in [6, 6.07) is 9.27. The standard InChI is InChI=1S/C16H15N5O2S/c17-15-14(13-7-20-16(18)21-8-13)5-12(6-19-15)11-3-1-10(2-4-11)9-24(22)23/h1-8H,9H2,(H2,17,19)(H,22,23)(H2,18,20,21). The van der Waals surface area contributed by atoms with Gasteiger partial charge in [-0.15, -0.1) is 0 Å². The number of nitrogen functional groups attached to an aromatic ring is 2. The van der Waals surface area contributed by atoms with Crippen LogP contribution < -0.4 is 11.5 Å². The Hall–Kier alpha value is -2.84. The maximum absolute atomic E-state index is 10.9. The maximum Gasteiger partial charge on any atom is 0.219 e. The van der Waals surface area contributed by atoms with Crippen molar-refractivity contribution in [2.24, 2.45) is 0 Å². The average Bonchev–Trinajstić information content (AvgIpc) is 2.56. The summed E-state index contributed by atoms with van der Waals surface area (Å²) in [5, 5.41) is 0. The molecular formula is C16H15N5O2S. The first-order chi connectivity index (χ1) is 11.5. The summed E-state index contributed by atoms with van der Waals surface area (Å²) in [5.74, 6) is 0.673. The molecule has 5 N–H and O–H groups in total. The lowest BCUT2D eigenvalue weighted by molar-refractivity contribution is 0.563. The van der Waals surface area contributed by atoms with Crippen molar-refractivity contribution in [3.63, 3.8) is 0 Å². The first-order valence-corrected chi connectivity index (χ1v) is 8.30. The smallest absolute Gasteiger partial charge is 0.219 e. The minimum atomic E-state index is -1.85. The van der Waals surface area contributed by atoms with Crippen LogP contribution in [0.15, 0.2) is 48.9 Å². The third-order valence-electron chi connectivity index (χ3n) is 3.48. The molecule has 8 heteroatoms. The Morgan fingerprint density at radius 1 is 0.917 bits per heavy atom. The number of benzene rings is 1. The third kappa shape index (κ3) is 3.55. The van der Waals surface area contributed by atoms with Crippen LogP contribution in [0.1, 0.15) is 5.56 Å². The molecular weight excluding hydrogens is 326 g/mol. The van der Waals surface area contributed by atoms with Crippen LogP contribution in [0.3, 0.4) is 0 Å². The van der Waals surface area contributed by atoms with Gasteiger partial charge in [-0.05, 0) is 17.2 Å². The number of aromatic nitrogens is 3. The highest BCUT2D eigenvalue weighted by atomic mass is 32.2. The van der Waals surface area contributed by atoms with Crippen molar-refractivity contribution in [2.45, 2.75) is 5.75 Å². The predicted octanol–water partition coefficient (Wildman–Crippen LogP) is 2.09. The third-order valence-corrected chi connectivity index (χ3v) is 4.06. The van der Waals surface area contributed by atoms with E-state index in [1.165, 1.54) is 0 Å². The molecule has 1 atom stereocenters. The van der Waals surface area contributed by atoms with E-state index in [1.54, 1.807) is 18.6 Å². The van der Waals surface area contributed by atoms with Crippen molar-refractivity contribution in [2.75, 3.05) is 11.5 Å². The Balaban J connectivity index is 1.96. The fourth-order valence-electron chi connectivity index (χ4n) is 2.28. The lowest BCUT2D eigenvalue weighted by Gasteiger charge is -2.09. The molecule has 2 heterocycles. The summed E-state index contributed by atoms with van der Waals surface area (Å²) in [6.45, 7) is 0. The monoisotopic (exact) mass is 341 g/mol. The Morgan fingerprint density at radius 3 is 2.17 bits per heavy atom. The lowest BCUT2D eigenvalue weighted by Crippen LogP contribution is -1.98. The molecule has 3 aromatic rings. The van der Waals surface area contributed by atoms with Crippen LogP contribution in [0.2, 0.25) is 0 Å². The number of hydrogen-bond donors (Lipinski definition) is 3. The predicted molar refractivity (Wildman–Crippen MR) is 94.0 cm³/mol. The molecule has 0 aliphatic rings. The summed E-state index contributed by atoms with van der Waals surface area (Å²) < 4.78 is 19.8. The van der Waals surface area contributed by atoms with E-state index in [0.717, 1.165) is 22.3 Å². The van der Waals surface area contributed by atoms with E-state index in [-0.39, 0.29) is 11.7 Å². The summed E-state index contributed by atoms with van der Waals surface area (Å²) in [4.78, 5) is 12.2. The van der Waals surface area contributed by atoms with Crippen molar-refractivity contribution in [3.05, 3.63) is 54.5 Å². The fourth-order valence-corrected chi connectivity index (χ4v) is 2.76. The number of nitrogens with two attached hydrogens (primary N) is 2. The van der Waals surface area contributed by atoms with Gasteiger partial charge in [-0.2, -0.15) is 0 Å². The van der Waals surface area contributed by atoms with E-state index < -0.39 is 11.1 Å². The lowest BCUT2D eigenvalue weighted by atomic mass is 10.0. The summed E-state index contributed by atoms with van der Waals surface area (Å²) >= 11 is -1.85. The van der Waals surface area contributed by atoms with Crippen molar-refractivity contribution >= 4 is 22.8 Å². The molecule has 0 aliphatic carbocycles. The molecule has 122 valence electrons. The molecule has 7 nitrogen and oxygen atoms in total. The minimum Gasteiger partial charge on any atom is -0.383 e. The van der Waals surface area contributed by atoms with Crippen LogP contribution in [0.4, 0.5) is 11.8 Å². The van der Waals surface area contributed by atoms with Gasteiger partial charge in [0.25, 0.3) is 0 Å². The van der Waals surface area contributed by atoms with Gasteiger partial charge in [0.15, 0.2) is 11.1 Å². The molecule has 1 aromatic carbocycles. The summed E-state index contributed by atoms with van der Waals surface area (Å²) in [6.07, 6.45) is 4.87. The van der Waals surface area contributed by atoms with Crippen molar-refractivity contribution < 1.29 is 8.76 Å². The Kier molecular flexibility index (Phi) is 4.50. The van der Waals surface area contributed by atoms with E-state index in [9.17, 15) is 4.21 Å². The van der Waals surface area contributed by atoms with Crippen LogP contribution in [0.5, 0.6) is 0 Å². The van der Waals surface area contributed by atoms with Crippen LogP contribution in [-0.4, -0.2) is 23.7 Å². The van der Waals surface area contributed by atoms with Gasteiger partial charge >= 0.3 is 0 Å². The largest absolute Gasteiger partial charge is 0.383 e. The van der Waals surface area contributed by atoms with Gasteiger partial charge in [0.05, 0.1) is 5.75 Å². The van der Waals surface area contributed by atoms with Gasteiger partial charge in [-0.25, -0.2) is 19.2 Å². The van der Waals surface area contributed by atoms with Crippen LogP contribution >= 0.6 is 0 Å². The molecule has 2 aromatic heterocycles. The Morgan fingerprint density at radius 2 is 1.54 bits per heavy atom. The van der Waals surface area contributed by atoms with Crippen LogP contribution in [0.25, 0.3) is 22.3 Å². The SMILES string of the molecule is Nc1ncc(-c2cc(-c3ccc(CS(=O)O)cc3)cnc2N)cn1. The van der Waals surface area contributed by atoms with E-state index in [4.69, 9.17) is 16.0 Å². The van der Waals surface area contributed by atoms with Gasteiger partial charge in [0.2, 0.25) is 5.95 Å². The van der Waals surface area contributed by atoms with Crippen molar-refractivity contribution in [1.29, 1.82) is 0 Å². The normalized spacial score (nSPS) is 12.0. The Labute approximate surface area is 141 Å². The van der Waals surface area contributed by atoms with E-state index in [0.29, 0.717) is 11.4 Å². The second-order valence-corrected chi connectivity index (χ2v) is 6.08. The molecule has 0 saturated carbocycles. The molecule has 0 amide bonds. The summed E-state index contributed by atoms with van der Waals surface area (Å²) in [5.41, 5.74) is 15.5. The number of rotatable bonds is 4. The van der Waals surface area contributed by atoms with Gasteiger partial charge in [0.1, 0.15) is 5.82 Å². The molecule has 0 aliphatic heterocycles. The number of anilines is 2. The van der Waals surface area contributed by atoms with Gasteiger partial charge < -0.3 is 16.0 Å². The molecule has 1 unspecified atom stereocenters. The second-order valence-electron chi connectivity index (χ2n) is 5.15. The van der Waals surface area contributed by atoms with Crippen LogP contribution in [-0.2, 0) is 16.8 Å². The highest BCUT2D eigenvalue weighted by Gasteiger charge is 2.08. The van der Waals surface area contributed by atoms with E-state index in [2.05, 4.69) is 15.0 Å². The van der Waals surface area contributed by atoms with Crippen molar-refractivity contribution in [1.82, 2.24) is 15.0 Å². The zero-order chi connectivity index (χ0) is 17.1. The highest BCUT2D eigenvalue weighted by Crippen LogP contribution is 2.29. The zero-order valence-corrected chi connectivity index (χ0v) is 13.4. The zero-order valence-electron chi connectivity index (χ0n) is 12.6.